The number of hydrogen-bond acceptors (Lipinski definition) is 4. The van der Waals surface area contributed by atoms with E-state index in [9.17, 15) is 4.79 Å². The number of nitrogens with one attached hydrogen (secondary N) is 2. The molecule has 150 valence electrons. The van der Waals surface area contributed by atoms with E-state index in [4.69, 9.17) is 9.73 Å². The molecule has 1 atom stereocenters. The average molecular weight is 368 g/mol. The summed E-state index contributed by atoms with van der Waals surface area (Å²) in [5, 5.41) is 6.86. The van der Waals surface area contributed by atoms with Crippen molar-refractivity contribution >= 4 is 11.9 Å². The van der Waals surface area contributed by atoms with Gasteiger partial charge in [-0.25, -0.2) is 0 Å². The normalized spacial score (nSPS) is 22.8. The van der Waals surface area contributed by atoms with Crippen LogP contribution in [0, 0.1) is 5.92 Å². The van der Waals surface area contributed by atoms with E-state index in [0.717, 1.165) is 64.9 Å². The van der Waals surface area contributed by atoms with Gasteiger partial charge in [-0.3, -0.25) is 14.7 Å². The number of morpholine rings is 1. The van der Waals surface area contributed by atoms with Gasteiger partial charge < -0.3 is 20.3 Å². The first-order chi connectivity index (χ1) is 12.3. The molecule has 0 aliphatic carbocycles. The highest BCUT2D eigenvalue weighted by molar-refractivity contribution is 5.81. The van der Waals surface area contributed by atoms with Gasteiger partial charge in [0.15, 0.2) is 5.96 Å². The standard InChI is InChI=1S/C19H37N5O2/c1-6-20-18(21-14-19(4,5)24-9-11-26-12-10-24)22-16-7-8-23(13-16)17(25)15(2)3/h15-16H,6-14H2,1-5H3,(H2,20,21,22). The largest absolute Gasteiger partial charge is 0.379 e. The van der Waals surface area contributed by atoms with Crippen LogP contribution in [0.4, 0.5) is 0 Å². The van der Waals surface area contributed by atoms with Gasteiger partial charge in [-0.05, 0) is 27.2 Å². The summed E-state index contributed by atoms with van der Waals surface area (Å²) in [6.07, 6.45) is 0.968. The van der Waals surface area contributed by atoms with E-state index in [0.29, 0.717) is 0 Å². The first-order valence-electron chi connectivity index (χ1n) is 10.00. The summed E-state index contributed by atoms with van der Waals surface area (Å²) in [5.41, 5.74) is 0.00144. The quantitative estimate of drug-likeness (QED) is 0.539. The summed E-state index contributed by atoms with van der Waals surface area (Å²) in [7, 11) is 0. The summed E-state index contributed by atoms with van der Waals surface area (Å²) in [4.78, 5) is 21.4. The number of nitrogens with zero attached hydrogens (tertiary/aromatic N) is 3. The van der Waals surface area contributed by atoms with Gasteiger partial charge in [-0.1, -0.05) is 13.8 Å². The second kappa shape index (κ2) is 9.55. The molecule has 0 bridgehead atoms. The first-order valence-corrected chi connectivity index (χ1v) is 10.00. The second-order valence-corrected chi connectivity index (χ2v) is 8.18. The molecule has 2 aliphatic rings. The lowest BCUT2D eigenvalue weighted by molar-refractivity contribution is -0.133. The number of carbonyl (C=O) groups is 1. The Hall–Kier alpha value is -1.34. The molecule has 0 spiro atoms. The van der Waals surface area contributed by atoms with Crippen molar-refractivity contribution in [3.8, 4) is 0 Å². The number of hydrogen-bond donors (Lipinski definition) is 2. The first kappa shape index (κ1) is 21.0. The molecule has 0 aromatic rings. The molecule has 2 fully saturated rings. The fourth-order valence-electron chi connectivity index (χ4n) is 3.50. The number of rotatable bonds is 6. The molecule has 0 aromatic heterocycles. The SMILES string of the molecule is CCNC(=NCC(C)(C)N1CCOCC1)NC1CCN(C(=O)C(C)C)C1. The summed E-state index contributed by atoms with van der Waals surface area (Å²) in [6.45, 7) is 17.1. The van der Waals surface area contributed by atoms with Crippen molar-refractivity contribution in [1.82, 2.24) is 20.4 Å². The van der Waals surface area contributed by atoms with Crippen LogP contribution in [0.3, 0.4) is 0 Å². The van der Waals surface area contributed by atoms with Crippen LogP contribution >= 0.6 is 0 Å². The fraction of sp³-hybridized carbons (Fsp3) is 0.895. The molecule has 1 amide bonds. The third-order valence-electron chi connectivity index (χ3n) is 5.17. The number of likely N-dealkylation sites (tertiary alicyclic amines) is 1. The summed E-state index contributed by atoms with van der Waals surface area (Å²) in [5.74, 6) is 1.15. The van der Waals surface area contributed by atoms with Gasteiger partial charge in [-0.2, -0.15) is 0 Å². The Balaban J connectivity index is 1.91. The van der Waals surface area contributed by atoms with Crippen LogP contribution in [-0.2, 0) is 9.53 Å². The summed E-state index contributed by atoms with van der Waals surface area (Å²) < 4.78 is 5.46. The van der Waals surface area contributed by atoms with Crippen LogP contribution in [0.15, 0.2) is 4.99 Å². The van der Waals surface area contributed by atoms with E-state index in [1.807, 2.05) is 18.7 Å². The van der Waals surface area contributed by atoms with E-state index < -0.39 is 0 Å². The van der Waals surface area contributed by atoms with Crippen molar-refractivity contribution in [1.29, 1.82) is 0 Å². The van der Waals surface area contributed by atoms with Crippen molar-refractivity contribution in [3.05, 3.63) is 0 Å². The maximum Gasteiger partial charge on any atom is 0.225 e. The summed E-state index contributed by atoms with van der Waals surface area (Å²) >= 11 is 0. The topological polar surface area (TPSA) is 69.2 Å². The Morgan fingerprint density at radius 3 is 2.58 bits per heavy atom. The molecular formula is C19H37N5O2. The molecule has 26 heavy (non-hydrogen) atoms. The molecule has 2 saturated heterocycles. The minimum Gasteiger partial charge on any atom is -0.379 e. The third-order valence-corrected chi connectivity index (χ3v) is 5.17. The Bertz CT molecular complexity index is 486. The lowest BCUT2D eigenvalue weighted by Crippen LogP contribution is -2.52. The van der Waals surface area contributed by atoms with Crippen molar-refractivity contribution in [2.24, 2.45) is 10.9 Å². The van der Waals surface area contributed by atoms with Crippen molar-refractivity contribution < 1.29 is 9.53 Å². The minimum atomic E-state index is 0.00144. The number of carbonyl (C=O) groups excluding carboxylic acids is 1. The molecule has 7 nitrogen and oxygen atoms in total. The Kier molecular flexibility index (Phi) is 7.70. The smallest absolute Gasteiger partial charge is 0.225 e. The maximum atomic E-state index is 12.2. The monoisotopic (exact) mass is 367 g/mol. The lowest BCUT2D eigenvalue weighted by atomic mass is 10.0. The van der Waals surface area contributed by atoms with Crippen LogP contribution in [0.25, 0.3) is 0 Å². The predicted molar refractivity (Wildman–Crippen MR) is 105 cm³/mol. The maximum absolute atomic E-state index is 12.2. The molecule has 2 N–H and O–H groups in total. The van der Waals surface area contributed by atoms with Gasteiger partial charge in [0.2, 0.25) is 5.91 Å². The zero-order valence-corrected chi connectivity index (χ0v) is 17.2. The van der Waals surface area contributed by atoms with Gasteiger partial charge in [0, 0.05) is 50.2 Å². The minimum absolute atomic E-state index is 0.00144. The molecule has 2 heterocycles. The zero-order chi connectivity index (χ0) is 19.2. The fourth-order valence-corrected chi connectivity index (χ4v) is 3.50. The molecule has 0 radical (unpaired) electrons. The van der Waals surface area contributed by atoms with E-state index in [-0.39, 0.29) is 23.4 Å². The third kappa shape index (κ3) is 5.84. The highest BCUT2D eigenvalue weighted by Gasteiger charge is 2.30. The van der Waals surface area contributed by atoms with E-state index in [2.05, 4.69) is 36.3 Å². The second-order valence-electron chi connectivity index (χ2n) is 8.18. The number of guanidine groups is 1. The molecular weight excluding hydrogens is 330 g/mol. The van der Waals surface area contributed by atoms with Gasteiger partial charge in [0.25, 0.3) is 0 Å². The zero-order valence-electron chi connectivity index (χ0n) is 17.2. The van der Waals surface area contributed by atoms with Gasteiger partial charge in [0.05, 0.1) is 19.8 Å². The van der Waals surface area contributed by atoms with Gasteiger partial charge in [0.1, 0.15) is 0 Å². The predicted octanol–water partition coefficient (Wildman–Crippen LogP) is 0.909. The van der Waals surface area contributed by atoms with E-state index in [1.54, 1.807) is 0 Å². The highest BCUT2D eigenvalue weighted by Crippen LogP contribution is 2.17. The number of aliphatic imine (C=N–C) groups is 1. The van der Waals surface area contributed by atoms with E-state index >= 15 is 0 Å². The molecule has 0 aromatic carbocycles. The van der Waals surface area contributed by atoms with Crippen molar-refractivity contribution in [2.75, 3.05) is 52.5 Å². The van der Waals surface area contributed by atoms with Crippen molar-refractivity contribution in [2.45, 2.75) is 52.6 Å². The van der Waals surface area contributed by atoms with Crippen LogP contribution in [0.2, 0.25) is 0 Å². The Labute approximate surface area is 158 Å². The van der Waals surface area contributed by atoms with Crippen molar-refractivity contribution in [3.63, 3.8) is 0 Å². The van der Waals surface area contributed by atoms with Crippen LogP contribution in [0.1, 0.15) is 41.0 Å². The number of ether oxygens (including phenoxy) is 1. The molecule has 2 aliphatic heterocycles. The highest BCUT2D eigenvalue weighted by atomic mass is 16.5. The van der Waals surface area contributed by atoms with Gasteiger partial charge >= 0.3 is 0 Å². The van der Waals surface area contributed by atoms with Crippen LogP contribution < -0.4 is 10.6 Å². The number of amides is 1. The van der Waals surface area contributed by atoms with Crippen LogP contribution in [-0.4, -0.2) is 85.7 Å². The molecule has 1 unspecified atom stereocenters. The van der Waals surface area contributed by atoms with Gasteiger partial charge in [-0.15, -0.1) is 0 Å². The van der Waals surface area contributed by atoms with E-state index in [1.165, 1.54) is 0 Å². The summed E-state index contributed by atoms with van der Waals surface area (Å²) in [6, 6.07) is 0.266. The average Bonchev–Trinajstić information content (AvgIpc) is 3.08. The molecule has 0 saturated carbocycles. The molecule has 2 rings (SSSR count). The Morgan fingerprint density at radius 2 is 1.96 bits per heavy atom. The molecule has 7 heteroatoms. The lowest BCUT2D eigenvalue weighted by Gasteiger charge is -2.40. The van der Waals surface area contributed by atoms with Crippen LogP contribution in [0.5, 0.6) is 0 Å². The Morgan fingerprint density at radius 1 is 1.27 bits per heavy atom.